The molecule has 1 aliphatic carbocycles. The summed E-state index contributed by atoms with van der Waals surface area (Å²) in [6.07, 6.45) is 2.55. The molecule has 4 rings (SSSR count). The lowest BCUT2D eigenvalue weighted by Crippen LogP contribution is -2.40. The Morgan fingerprint density at radius 2 is 2.12 bits per heavy atom. The minimum Gasteiger partial charge on any atom is -0.492 e. The van der Waals surface area contributed by atoms with Gasteiger partial charge in [0.05, 0.1) is 24.3 Å². The van der Waals surface area contributed by atoms with E-state index in [4.69, 9.17) is 10.5 Å². The molecule has 24 heavy (non-hydrogen) atoms. The third-order valence-corrected chi connectivity index (χ3v) is 5.10. The molecule has 0 unspecified atom stereocenters. The zero-order chi connectivity index (χ0) is 16.7. The van der Waals surface area contributed by atoms with Gasteiger partial charge < -0.3 is 15.8 Å². The molecule has 2 atom stereocenters. The number of carbonyl (C=O) groups is 1. The molecule has 0 radical (unpaired) electrons. The van der Waals surface area contributed by atoms with Crippen molar-refractivity contribution >= 4 is 5.91 Å². The summed E-state index contributed by atoms with van der Waals surface area (Å²) in [5, 5.41) is 3.13. The van der Waals surface area contributed by atoms with Crippen molar-refractivity contribution in [1.29, 1.82) is 0 Å². The second-order valence-corrected chi connectivity index (χ2v) is 6.59. The maximum Gasteiger partial charge on any atom is 0.255 e. The number of hydrogen-bond acceptors (Lipinski definition) is 3. The summed E-state index contributed by atoms with van der Waals surface area (Å²) in [6.45, 7) is 2.75. The number of nitrogens with one attached hydrogen (secondary N) is 1. The van der Waals surface area contributed by atoms with Crippen LogP contribution in [0.1, 0.15) is 45.6 Å². The van der Waals surface area contributed by atoms with Crippen molar-refractivity contribution in [2.45, 2.75) is 38.3 Å². The molecule has 2 aliphatic rings. The molecule has 3 N–H and O–H groups in total. The van der Waals surface area contributed by atoms with Gasteiger partial charge in [0.1, 0.15) is 5.75 Å². The Kier molecular flexibility index (Phi) is 3.77. The molecule has 2 aromatic rings. The summed E-state index contributed by atoms with van der Waals surface area (Å²) >= 11 is 0. The highest BCUT2D eigenvalue weighted by Crippen LogP contribution is 2.33. The van der Waals surface area contributed by atoms with Crippen LogP contribution < -0.4 is 15.8 Å². The van der Waals surface area contributed by atoms with Gasteiger partial charge in [-0.3, -0.25) is 4.79 Å². The van der Waals surface area contributed by atoms with Crippen LogP contribution in [0.15, 0.2) is 36.4 Å². The van der Waals surface area contributed by atoms with Gasteiger partial charge in [-0.1, -0.05) is 37.3 Å². The molecule has 0 bridgehead atoms. The Labute approximate surface area is 142 Å². The summed E-state index contributed by atoms with van der Waals surface area (Å²) in [6, 6.07) is 12.0. The topological polar surface area (TPSA) is 64.4 Å². The van der Waals surface area contributed by atoms with Gasteiger partial charge in [0.2, 0.25) is 0 Å². The van der Waals surface area contributed by atoms with Crippen LogP contribution >= 0.6 is 0 Å². The van der Waals surface area contributed by atoms with Crippen molar-refractivity contribution in [1.82, 2.24) is 5.32 Å². The van der Waals surface area contributed by atoms with Gasteiger partial charge in [-0.25, -0.2) is 0 Å². The fourth-order valence-corrected chi connectivity index (χ4v) is 3.76. The molecular formula is C20H22N2O2. The van der Waals surface area contributed by atoms with Crippen LogP contribution in [0.4, 0.5) is 0 Å². The van der Waals surface area contributed by atoms with E-state index in [9.17, 15) is 4.79 Å². The normalized spacial score (nSPS) is 21.1. The summed E-state index contributed by atoms with van der Waals surface area (Å²) in [7, 11) is 0. The van der Waals surface area contributed by atoms with E-state index in [2.05, 4.69) is 24.4 Å². The Morgan fingerprint density at radius 1 is 1.29 bits per heavy atom. The van der Waals surface area contributed by atoms with Crippen molar-refractivity contribution < 1.29 is 9.53 Å². The van der Waals surface area contributed by atoms with Gasteiger partial charge in [0, 0.05) is 6.42 Å². The summed E-state index contributed by atoms with van der Waals surface area (Å²) in [5.41, 5.74) is 11.6. The van der Waals surface area contributed by atoms with Crippen molar-refractivity contribution in [3.63, 3.8) is 0 Å². The maximum atomic E-state index is 12.9. The van der Waals surface area contributed by atoms with E-state index >= 15 is 0 Å². The smallest absolute Gasteiger partial charge is 0.255 e. The molecule has 1 heterocycles. The SMILES string of the molecule is CCc1cc2c(c(C(=O)N[C@@H]3Cc4ccccc4[C@H]3N)c1)OCC2. The van der Waals surface area contributed by atoms with Crippen LogP contribution in [-0.2, 0) is 19.3 Å². The summed E-state index contributed by atoms with van der Waals surface area (Å²) in [4.78, 5) is 12.9. The molecule has 4 heteroatoms. The number of benzene rings is 2. The van der Waals surface area contributed by atoms with Crippen molar-refractivity contribution in [2.75, 3.05) is 6.61 Å². The number of aryl methyl sites for hydroxylation is 1. The van der Waals surface area contributed by atoms with E-state index in [0.717, 1.165) is 36.1 Å². The van der Waals surface area contributed by atoms with Gasteiger partial charge in [-0.15, -0.1) is 0 Å². The largest absolute Gasteiger partial charge is 0.492 e. The van der Waals surface area contributed by atoms with E-state index in [0.29, 0.717) is 12.2 Å². The number of fused-ring (bicyclic) bond motifs is 2. The molecule has 124 valence electrons. The van der Waals surface area contributed by atoms with Crippen LogP contribution in [0.2, 0.25) is 0 Å². The molecule has 0 fully saturated rings. The molecule has 0 saturated carbocycles. The lowest BCUT2D eigenvalue weighted by Gasteiger charge is -2.19. The Hall–Kier alpha value is -2.33. The summed E-state index contributed by atoms with van der Waals surface area (Å²) < 4.78 is 5.71. The number of nitrogens with two attached hydrogens (primary N) is 1. The highest BCUT2D eigenvalue weighted by Gasteiger charge is 2.32. The average molecular weight is 322 g/mol. The van der Waals surface area contributed by atoms with Crippen LogP contribution in [-0.4, -0.2) is 18.6 Å². The minimum atomic E-state index is -0.159. The number of hydrogen-bond donors (Lipinski definition) is 2. The predicted octanol–water partition coefficient (Wildman–Crippen LogP) is 2.54. The third-order valence-electron chi connectivity index (χ3n) is 5.10. The number of amides is 1. The van der Waals surface area contributed by atoms with E-state index in [-0.39, 0.29) is 18.0 Å². The zero-order valence-electron chi connectivity index (χ0n) is 13.8. The Balaban J connectivity index is 1.59. The van der Waals surface area contributed by atoms with E-state index in [1.165, 1.54) is 11.1 Å². The van der Waals surface area contributed by atoms with Crippen LogP contribution in [0, 0.1) is 0 Å². The lowest BCUT2D eigenvalue weighted by molar-refractivity contribution is 0.0930. The van der Waals surface area contributed by atoms with Gasteiger partial charge in [-0.2, -0.15) is 0 Å². The fraction of sp³-hybridized carbons (Fsp3) is 0.350. The first kappa shape index (κ1) is 15.2. The monoisotopic (exact) mass is 322 g/mol. The molecule has 2 aromatic carbocycles. The average Bonchev–Trinajstić information content (AvgIpc) is 3.19. The Bertz CT molecular complexity index is 800. The maximum absolute atomic E-state index is 12.9. The molecule has 1 aliphatic heterocycles. The van der Waals surface area contributed by atoms with Gasteiger partial charge >= 0.3 is 0 Å². The zero-order valence-corrected chi connectivity index (χ0v) is 13.8. The molecule has 0 saturated heterocycles. The van der Waals surface area contributed by atoms with E-state index in [1.807, 2.05) is 24.3 Å². The van der Waals surface area contributed by atoms with E-state index in [1.54, 1.807) is 0 Å². The lowest BCUT2D eigenvalue weighted by atomic mass is 10.0. The molecule has 0 spiro atoms. The molecule has 0 aromatic heterocycles. The van der Waals surface area contributed by atoms with Crippen LogP contribution in [0.3, 0.4) is 0 Å². The summed E-state index contributed by atoms with van der Waals surface area (Å²) in [5.74, 6) is 0.658. The third kappa shape index (κ3) is 2.47. The predicted molar refractivity (Wildman–Crippen MR) is 93.3 cm³/mol. The van der Waals surface area contributed by atoms with Gasteiger partial charge in [0.15, 0.2) is 0 Å². The van der Waals surface area contributed by atoms with E-state index < -0.39 is 0 Å². The number of ether oxygens (including phenoxy) is 1. The quantitative estimate of drug-likeness (QED) is 0.913. The van der Waals surface area contributed by atoms with Crippen LogP contribution in [0.25, 0.3) is 0 Å². The van der Waals surface area contributed by atoms with Crippen LogP contribution in [0.5, 0.6) is 5.75 Å². The minimum absolute atomic E-state index is 0.0720. The number of carbonyl (C=O) groups excluding carboxylic acids is 1. The molecule has 4 nitrogen and oxygen atoms in total. The number of rotatable bonds is 3. The van der Waals surface area contributed by atoms with Gasteiger partial charge in [0.25, 0.3) is 5.91 Å². The van der Waals surface area contributed by atoms with Gasteiger partial charge in [-0.05, 0) is 41.2 Å². The second-order valence-electron chi connectivity index (χ2n) is 6.59. The first-order valence-corrected chi connectivity index (χ1v) is 8.60. The molecule has 1 amide bonds. The van der Waals surface area contributed by atoms with Crippen molar-refractivity contribution in [3.05, 3.63) is 64.2 Å². The highest BCUT2D eigenvalue weighted by atomic mass is 16.5. The highest BCUT2D eigenvalue weighted by molar-refractivity contribution is 5.98. The van der Waals surface area contributed by atoms with Crippen molar-refractivity contribution in [3.8, 4) is 5.75 Å². The van der Waals surface area contributed by atoms with Crippen molar-refractivity contribution in [2.24, 2.45) is 5.73 Å². The molecular weight excluding hydrogens is 300 g/mol. The first-order chi connectivity index (χ1) is 11.7. The first-order valence-electron chi connectivity index (χ1n) is 8.60. The standard InChI is InChI=1S/C20H22N2O2/c1-2-12-9-14-7-8-24-19(14)16(10-12)20(23)22-17-11-13-5-3-4-6-15(13)18(17)21/h3-6,9-10,17-18H,2,7-8,11,21H2,1H3,(H,22,23)/t17-,18-/m1/s1. The second kappa shape index (κ2) is 5.95. The fourth-order valence-electron chi connectivity index (χ4n) is 3.76. The Morgan fingerprint density at radius 3 is 2.92 bits per heavy atom.